The highest BCUT2D eigenvalue weighted by Crippen LogP contribution is 2.15. The van der Waals surface area contributed by atoms with Crippen LogP contribution in [0.15, 0.2) is 12.2 Å². The lowest BCUT2D eigenvalue weighted by Gasteiger charge is -2.26. The van der Waals surface area contributed by atoms with Gasteiger partial charge in [0.05, 0.1) is 18.8 Å². The van der Waals surface area contributed by atoms with Gasteiger partial charge in [-0.3, -0.25) is 4.79 Å². The number of aliphatic hydroxyl groups excluding tert-OH is 3. The Morgan fingerprint density at radius 2 is 0.909 bits per heavy atom. The molecule has 0 saturated heterocycles. The molecule has 0 bridgehead atoms. The highest BCUT2D eigenvalue weighted by atomic mass is 16.3. The smallest absolute Gasteiger partial charge is 0.220 e. The standard InChI is InChI=1S/C39H77NO4/c1-3-5-7-9-11-13-15-16-17-18-19-20-21-22-23-24-25-27-29-31-33-37(42)39(44)36(35-41)40-38(43)34-32-30-28-26-14-12-10-8-6-4-2/h25,27,36-37,39,41-42,44H,3-24,26,28-35H2,1-2H3,(H,40,43)/b27-25+. The third kappa shape index (κ3) is 29.8. The Kier molecular flexibility index (Phi) is 34.2. The van der Waals surface area contributed by atoms with E-state index < -0.39 is 18.2 Å². The summed E-state index contributed by atoms with van der Waals surface area (Å²) < 4.78 is 0. The van der Waals surface area contributed by atoms with E-state index in [0.717, 1.165) is 38.5 Å². The molecule has 1 amide bonds. The van der Waals surface area contributed by atoms with Crippen LogP contribution in [0.3, 0.4) is 0 Å². The first-order valence-corrected chi connectivity index (χ1v) is 19.5. The normalized spacial score (nSPS) is 13.8. The van der Waals surface area contributed by atoms with Gasteiger partial charge in [-0.1, -0.05) is 174 Å². The highest BCUT2D eigenvalue weighted by molar-refractivity contribution is 5.76. The van der Waals surface area contributed by atoms with Gasteiger partial charge in [0, 0.05) is 6.42 Å². The maximum atomic E-state index is 12.3. The molecular formula is C39H77NO4. The third-order valence-corrected chi connectivity index (χ3v) is 9.12. The van der Waals surface area contributed by atoms with E-state index in [-0.39, 0.29) is 12.5 Å². The van der Waals surface area contributed by atoms with E-state index in [0.29, 0.717) is 12.8 Å². The minimum atomic E-state index is -1.15. The summed E-state index contributed by atoms with van der Waals surface area (Å²) in [5.41, 5.74) is 0. The van der Waals surface area contributed by atoms with E-state index in [1.807, 2.05) is 0 Å². The van der Waals surface area contributed by atoms with Crippen molar-refractivity contribution in [3.05, 3.63) is 12.2 Å². The second kappa shape index (κ2) is 35.0. The Morgan fingerprint density at radius 3 is 1.32 bits per heavy atom. The van der Waals surface area contributed by atoms with Gasteiger partial charge in [0.2, 0.25) is 5.91 Å². The molecule has 3 unspecified atom stereocenters. The number of unbranched alkanes of at least 4 members (excludes halogenated alkanes) is 25. The summed E-state index contributed by atoms with van der Waals surface area (Å²) in [6.45, 7) is 4.15. The number of rotatable bonds is 35. The molecular weight excluding hydrogens is 546 g/mol. The molecule has 0 rings (SSSR count). The molecule has 3 atom stereocenters. The zero-order chi connectivity index (χ0) is 32.4. The van der Waals surface area contributed by atoms with Crippen LogP contribution in [0.5, 0.6) is 0 Å². The van der Waals surface area contributed by atoms with Crippen molar-refractivity contribution in [2.24, 2.45) is 0 Å². The van der Waals surface area contributed by atoms with Crippen LogP contribution in [-0.4, -0.2) is 46.1 Å². The molecule has 0 radical (unpaired) electrons. The zero-order valence-electron chi connectivity index (χ0n) is 29.6. The summed E-state index contributed by atoms with van der Waals surface area (Å²) >= 11 is 0. The SMILES string of the molecule is CCCCCCCCCCCCCCCCC/C=C/CCCC(O)C(O)C(CO)NC(=O)CCCCCCCCCCCC. The van der Waals surface area contributed by atoms with Crippen molar-refractivity contribution < 1.29 is 20.1 Å². The van der Waals surface area contributed by atoms with E-state index >= 15 is 0 Å². The number of amides is 1. The number of aliphatic hydroxyl groups is 3. The Bertz CT molecular complexity index is 611. The fourth-order valence-electron chi connectivity index (χ4n) is 6.04. The molecule has 0 aromatic rings. The Hall–Kier alpha value is -0.910. The number of carbonyl (C=O) groups is 1. The van der Waals surface area contributed by atoms with E-state index in [2.05, 4.69) is 31.3 Å². The molecule has 0 saturated carbocycles. The fourth-order valence-corrected chi connectivity index (χ4v) is 6.04. The monoisotopic (exact) mass is 624 g/mol. The van der Waals surface area contributed by atoms with Gasteiger partial charge in [0.15, 0.2) is 0 Å². The van der Waals surface area contributed by atoms with Crippen LogP contribution in [0.1, 0.15) is 206 Å². The number of hydrogen-bond acceptors (Lipinski definition) is 4. The fraction of sp³-hybridized carbons (Fsp3) is 0.923. The molecule has 5 heteroatoms. The topological polar surface area (TPSA) is 89.8 Å². The molecule has 0 aliphatic rings. The highest BCUT2D eigenvalue weighted by Gasteiger charge is 2.26. The van der Waals surface area contributed by atoms with Crippen LogP contribution in [-0.2, 0) is 4.79 Å². The van der Waals surface area contributed by atoms with Crippen molar-refractivity contribution in [1.29, 1.82) is 0 Å². The lowest BCUT2D eigenvalue weighted by atomic mass is 10.0. The van der Waals surface area contributed by atoms with E-state index in [1.54, 1.807) is 0 Å². The summed E-state index contributed by atoms with van der Waals surface area (Å²) in [4.78, 5) is 12.3. The van der Waals surface area contributed by atoms with Crippen molar-refractivity contribution >= 4 is 5.91 Å². The van der Waals surface area contributed by atoms with Gasteiger partial charge in [-0.15, -0.1) is 0 Å². The quantitative estimate of drug-likeness (QED) is 0.0418. The lowest BCUT2D eigenvalue weighted by Crippen LogP contribution is -2.50. The van der Waals surface area contributed by atoms with Crippen molar-refractivity contribution in [3.63, 3.8) is 0 Å². The Labute approximate surface area is 274 Å². The van der Waals surface area contributed by atoms with Crippen LogP contribution >= 0.6 is 0 Å². The zero-order valence-corrected chi connectivity index (χ0v) is 29.6. The van der Waals surface area contributed by atoms with Gasteiger partial charge in [-0.2, -0.15) is 0 Å². The van der Waals surface area contributed by atoms with Gasteiger partial charge < -0.3 is 20.6 Å². The van der Waals surface area contributed by atoms with Crippen molar-refractivity contribution in [2.75, 3.05) is 6.61 Å². The minimum absolute atomic E-state index is 0.156. The van der Waals surface area contributed by atoms with Gasteiger partial charge in [0.25, 0.3) is 0 Å². The molecule has 4 N–H and O–H groups in total. The van der Waals surface area contributed by atoms with Crippen LogP contribution < -0.4 is 5.32 Å². The predicted octanol–water partition coefficient (Wildman–Crippen LogP) is 10.5. The van der Waals surface area contributed by atoms with Crippen LogP contribution in [0.25, 0.3) is 0 Å². The first kappa shape index (κ1) is 43.1. The summed E-state index contributed by atoms with van der Waals surface area (Å²) in [6, 6.07) is -0.818. The third-order valence-electron chi connectivity index (χ3n) is 9.12. The number of nitrogens with one attached hydrogen (secondary N) is 1. The number of hydrogen-bond donors (Lipinski definition) is 4. The van der Waals surface area contributed by atoms with E-state index in [4.69, 9.17) is 0 Å². The average molecular weight is 624 g/mol. The molecule has 0 aromatic carbocycles. The molecule has 44 heavy (non-hydrogen) atoms. The first-order valence-electron chi connectivity index (χ1n) is 19.5. The molecule has 0 heterocycles. The second-order valence-electron chi connectivity index (χ2n) is 13.5. The molecule has 0 aliphatic heterocycles. The molecule has 5 nitrogen and oxygen atoms in total. The Morgan fingerprint density at radius 1 is 0.545 bits per heavy atom. The summed E-state index contributed by atoms with van der Waals surface area (Å²) in [5.74, 6) is -0.156. The molecule has 0 spiro atoms. The minimum Gasteiger partial charge on any atom is -0.394 e. The van der Waals surface area contributed by atoms with Crippen LogP contribution in [0.4, 0.5) is 0 Å². The molecule has 0 aromatic heterocycles. The Balaban J connectivity index is 3.66. The molecule has 0 fully saturated rings. The summed E-state index contributed by atoms with van der Waals surface area (Å²) in [6.07, 6.45) is 38.9. The predicted molar refractivity (Wildman–Crippen MR) is 190 cm³/mol. The summed E-state index contributed by atoms with van der Waals surface area (Å²) in [5, 5.41) is 33.3. The average Bonchev–Trinajstić information content (AvgIpc) is 3.03. The van der Waals surface area contributed by atoms with E-state index in [9.17, 15) is 20.1 Å². The maximum absolute atomic E-state index is 12.3. The molecule has 0 aliphatic carbocycles. The van der Waals surface area contributed by atoms with Gasteiger partial charge in [-0.05, 0) is 38.5 Å². The van der Waals surface area contributed by atoms with Gasteiger partial charge in [-0.25, -0.2) is 0 Å². The largest absolute Gasteiger partial charge is 0.394 e. The van der Waals surface area contributed by atoms with Crippen LogP contribution in [0.2, 0.25) is 0 Å². The summed E-state index contributed by atoms with van der Waals surface area (Å²) in [7, 11) is 0. The number of carbonyl (C=O) groups excluding carboxylic acids is 1. The number of allylic oxidation sites excluding steroid dienone is 2. The van der Waals surface area contributed by atoms with Crippen molar-refractivity contribution in [3.8, 4) is 0 Å². The lowest BCUT2D eigenvalue weighted by molar-refractivity contribution is -0.124. The van der Waals surface area contributed by atoms with Crippen molar-refractivity contribution in [1.82, 2.24) is 5.32 Å². The first-order chi connectivity index (χ1) is 21.6. The van der Waals surface area contributed by atoms with Gasteiger partial charge in [0.1, 0.15) is 6.10 Å². The van der Waals surface area contributed by atoms with Gasteiger partial charge >= 0.3 is 0 Å². The maximum Gasteiger partial charge on any atom is 0.220 e. The van der Waals surface area contributed by atoms with Crippen LogP contribution in [0, 0.1) is 0 Å². The van der Waals surface area contributed by atoms with Crippen molar-refractivity contribution in [2.45, 2.75) is 225 Å². The molecule has 262 valence electrons. The second-order valence-corrected chi connectivity index (χ2v) is 13.5. The van der Waals surface area contributed by atoms with E-state index in [1.165, 1.54) is 141 Å².